The summed E-state index contributed by atoms with van der Waals surface area (Å²) in [5, 5.41) is 0. The maximum atomic E-state index is 3.64. The van der Waals surface area contributed by atoms with E-state index < -0.39 is 0 Å². The van der Waals surface area contributed by atoms with Crippen LogP contribution in [0.2, 0.25) is 0 Å². The predicted octanol–water partition coefficient (Wildman–Crippen LogP) is 1.80. The quantitative estimate of drug-likeness (QED) is 0.535. The van der Waals surface area contributed by atoms with Gasteiger partial charge in [-0.2, -0.15) is 0 Å². The highest BCUT2D eigenvalue weighted by molar-refractivity contribution is 7.38. The molecule has 0 rings (SSSR count). The fourth-order valence-electron chi connectivity index (χ4n) is 0.0894. The smallest absolute Gasteiger partial charge is 0.157 e. The average molecular weight is 141 g/mol. The summed E-state index contributed by atoms with van der Waals surface area (Å²) in [7, 11) is 7.81. The molecule has 0 N–H and O–H groups in total. The Balaban J connectivity index is 0. The molecule has 0 amide bonds. The fraction of sp³-hybridized carbons (Fsp3) is 1.00. The summed E-state index contributed by atoms with van der Waals surface area (Å²) in [6.45, 7) is 0. The summed E-state index contributed by atoms with van der Waals surface area (Å²) in [5.74, 6) is 0. The zero-order valence-corrected chi connectivity index (χ0v) is 6.14. The maximum absolute atomic E-state index is 3.64. The van der Waals surface area contributed by atoms with Gasteiger partial charge in [0.2, 0.25) is 0 Å². The van der Waals surface area contributed by atoms with E-state index in [0.717, 1.165) is 8.88 Å². The molecule has 0 saturated heterocycles. The predicted molar refractivity (Wildman–Crippen MR) is 33.9 cm³/mol. The number of nitrogens with zero attached hydrogens (tertiary/aromatic N) is 2. The van der Waals surface area contributed by atoms with Crippen molar-refractivity contribution in [1.29, 1.82) is 0 Å². The molecule has 0 heterocycles. The lowest BCUT2D eigenvalue weighted by Gasteiger charge is -1.97. The van der Waals surface area contributed by atoms with Gasteiger partial charge < -0.3 is 0 Å². The van der Waals surface area contributed by atoms with Gasteiger partial charge in [-0.15, -0.1) is 0 Å². The van der Waals surface area contributed by atoms with E-state index in [-0.39, 0.29) is 4.70 Å². The van der Waals surface area contributed by atoms with Crippen LogP contribution in [-0.4, -0.2) is 18.8 Å². The van der Waals surface area contributed by atoms with Crippen LogP contribution >= 0.6 is 17.9 Å². The molecular formula is C2H8FN2P2. The van der Waals surface area contributed by atoms with Gasteiger partial charge in [0.15, 0.2) is 8.88 Å². The lowest BCUT2D eigenvalue weighted by Crippen LogP contribution is -1.92. The molecule has 0 aliphatic heterocycles. The van der Waals surface area contributed by atoms with Gasteiger partial charge in [0.1, 0.15) is 0 Å². The molecule has 0 aliphatic carbocycles. The second-order valence-corrected chi connectivity index (χ2v) is 2.82. The minimum atomic E-state index is 0. The van der Waals surface area contributed by atoms with Crippen molar-refractivity contribution in [3.8, 4) is 0 Å². The van der Waals surface area contributed by atoms with Crippen molar-refractivity contribution in [3.05, 3.63) is 0 Å². The molecule has 2 nitrogen and oxygen atoms in total. The van der Waals surface area contributed by atoms with E-state index in [4.69, 9.17) is 0 Å². The number of rotatable bonds is 2. The van der Waals surface area contributed by atoms with Crippen LogP contribution in [-0.2, 0) is 0 Å². The van der Waals surface area contributed by atoms with Crippen LogP contribution < -0.4 is 0 Å². The van der Waals surface area contributed by atoms with E-state index in [1.165, 1.54) is 0 Å². The lowest BCUT2D eigenvalue weighted by atomic mass is 11.3. The molecule has 0 spiro atoms. The first-order chi connectivity index (χ1) is 2.77. The zero-order valence-electron chi connectivity index (χ0n) is 4.25. The first kappa shape index (κ1) is 10.4. The molecule has 43 valence electrons. The van der Waals surface area contributed by atoms with Crippen LogP contribution in [0.25, 0.3) is 0 Å². The van der Waals surface area contributed by atoms with Crippen LogP contribution in [0.4, 0.5) is 4.70 Å². The van der Waals surface area contributed by atoms with E-state index >= 15 is 0 Å². The van der Waals surface area contributed by atoms with E-state index in [1.54, 1.807) is 0 Å². The minimum Gasteiger partial charge on any atom is -0.269 e. The van der Waals surface area contributed by atoms with Crippen molar-refractivity contribution in [1.82, 2.24) is 4.67 Å². The Hall–Kier alpha value is 0.420. The molecule has 1 radical (unpaired) electrons. The lowest BCUT2D eigenvalue weighted by molar-refractivity contribution is 0.692. The first-order valence-electron chi connectivity index (χ1n) is 1.52. The van der Waals surface area contributed by atoms with Crippen LogP contribution in [0.3, 0.4) is 0 Å². The summed E-state index contributed by atoms with van der Waals surface area (Å²) in [6, 6.07) is 0. The van der Waals surface area contributed by atoms with Crippen LogP contribution in [0, 0.1) is 0 Å². The molecule has 0 bridgehead atoms. The van der Waals surface area contributed by atoms with Gasteiger partial charge >= 0.3 is 0 Å². The highest BCUT2D eigenvalue weighted by atomic mass is 31.1. The molecule has 0 saturated carbocycles. The van der Waals surface area contributed by atoms with Gasteiger partial charge in [-0.05, 0) is 23.1 Å². The zero-order chi connectivity index (χ0) is 4.99. The Morgan fingerprint density at radius 1 is 1.57 bits per heavy atom. The van der Waals surface area contributed by atoms with Crippen molar-refractivity contribution in [2.75, 3.05) is 14.1 Å². The summed E-state index contributed by atoms with van der Waals surface area (Å²) in [5.41, 5.74) is 0. The molecule has 0 unspecified atom stereocenters. The summed E-state index contributed by atoms with van der Waals surface area (Å²) < 4.78 is 5.58. The monoisotopic (exact) mass is 141 g/mol. The molecular weight excluding hydrogens is 133 g/mol. The van der Waals surface area contributed by atoms with Crippen molar-refractivity contribution in [2.24, 2.45) is 4.52 Å². The highest BCUT2D eigenvalue weighted by Gasteiger charge is 1.79. The van der Waals surface area contributed by atoms with Crippen LogP contribution in [0.15, 0.2) is 4.52 Å². The second kappa shape index (κ2) is 6.42. The third-order valence-corrected chi connectivity index (χ3v) is 0.939. The van der Waals surface area contributed by atoms with E-state index in [9.17, 15) is 0 Å². The van der Waals surface area contributed by atoms with Crippen molar-refractivity contribution in [3.63, 3.8) is 0 Å². The van der Waals surface area contributed by atoms with Crippen LogP contribution in [0.5, 0.6) is 0 Å². The molecule has 0 fully saturated rings. The standard InChI is InChI=1S/C2H7N2P2.FH/c1-4(2)6-3-5;/h5H,1-2H3;1H. The third-order valence-electron chi connectivity index (χ3n) is 0.224. The molecule has 0 aromatic carbocycles. The third kappa shape index (κ3) is 10.7. The topological polar surface area (TPSA) is 15.6 Å². The van der Waals surface area contributed by atoms with Gasteiger partial charge in [0.05, 0.1) is 0 Å². The van der Waals surface area contributed by atoms with E-state index in [0.29, 0.717) is 0 Å². The Labute approximate surface area is 46.9 Å². The number of hydrogen-bond acceptors (Lipinski definition) is 2. The average Bonchev–Trinajstić information content (AvgIpc) is 1.35. The normalized spacial score (nSPS) is 9.57. The van der Waals surface area contributed by atoms with E-state index in [1.807, 2.05) is 18.8 Å². The minimum absolute atomic E-state index is 0. The van der Waals surface area contributed by atoms with Gasteiger partial charge in [0, 0.05) is 0 Å². The van der Waals surface area contributed by atoms with Gasteiger partial charge in [-0.25, -0.2) is 4.52 Å². The number of halogens is 1. The first-order valence-corrected chi connectivity index (χ1v) is 2.77. The second-order valence-electron chi connectivity index (χ2n) is 1.04. The van der Waals surface area contributed by atoms with Crippen molar-refractivity contribution < 1.29 is 4.70 Å². The van der Waals surface area contributed by atoms with E-state index in [2.05, 4.69) is 13.5 Å². The van der Waals surface area contributed by atoms with Gasteiger partial charge in [-0.1, -0.05) is 0 Å². The highest BCUT2D eigenvalue weighted by Crippen LogP contribution is 2.13. The van der Waals surface area contributed by atoms with Crippen molar-refractivity contribution in [2.45, 2.75) is 0 Å². The molecule has 7 heavy (non-hydrogen) atoms. The maximum Gasteiger partial charge on any atom is 0.157 e. The Morgan fingerprint density at radius 2 is 2.00 bits per heavy atom. The Morgan fingerprint density at radius 3 is 2.00 bits per heavy atom. The molecule has 0 aromatic rings. The summed E-state index contributed by atoms with van der Waals surface area (Å²) in [6.07, 6.45) is 0. The molecule has 5 heteroatoms. The van der Waals surface area contributed by atoms with Gasteiger partial charge in [0.25, 0.3) is 0 Å². The Bertz CT molecular complexity index is 49.0. The summed E-state index contributed by atoms with van der Waals surface area (Å²) in [4.78, 5) is 0. The SMILES string of the molecule is CN(C)[P]N=P.F. The Kier molecular flexibility index (Phi) is 9.55. The number of hydrogen-bond donors (Lipinski definition) is 0. The van der Waals surface area contributed by atoms with Gasteiger partial charge in [-0.3, -0.25) is 9.37 Å². The molecule has 0 atom stereocenters. The van der Waals surface area contributed by atoms with Crippen LogP contribution in [0.1, 0.15) is 0 Å². The fourth-order valence-corrected chi connectivity index (χ4v) is 0.805. The largest absolute Gasteiger partial charge is 0.269 e. The molecule has 0 aliphatic rings. The summed E-state index contributed by atoms with van der Waals surface area (Å²) >= 11 is 0. The molecule has 0 aromatic heterocycles. The van der Waals surface area contributed by atoms with Crippen molar-refractivity contribution >= 4 is 17.9 Å².